The van der Waals surface area contributed by atoms with Crippen molar-refractivity contribution < 1.29 is 12.8 Å². The third-order valence-corrected chi connectivity index (χ3v) is 4.93. The Balaban J connectivity index is 1.98. The van der Waals surface area contributed by atoms with Crippen LogP contribution >= 0.6 is 0 Å². The van der Waals surface area contributed by atoms with Gasteiger partial charge < -0.3 is 10.6 Å². The Kier molecular flexibility index (Phi) is 4.74. The lowest BCUT2D eigenvalue weighted by Gasteiger charge is -2.16. The highest BCUT2D eigenvalue weighted by Gasteiger charge is 2.26. The molecule has 0 heterocycles. The molecule has 1 aliphatic rings. The molecule has 0 unspecified atom stereocenters. The number of likely N-dealkylation sites (N-methyl/N-ethyl adjacent to an activating group) is 1. The van der Waals surface area contributed by atoms with Gasteiger partial charge in [-0.2, -0.15) is 0 Å². The molecular weight excluding hydrogens is 281 g/mol. The van der Waals surface area contributed by atoms with Gasteiger partial charge in [0.25, 0.3) is 0 Å². The number of rotatable bonds is 7. The Labute approximate surface area is 119 Å². The average Bonchev–Trinajstić information content (AvgIpc) is 3.23. The third kappa shape index (κ3) is 3.76. The molecular formula is C13H20FN3O2S. The van der Waals surface area contributed by atoms with E-state index in [9.17, 15) is 12.8 Å². The molecule has 0 spiro atoms. The number of nitrogens with two attached hydrogens (primary N) is 1. The molecule has 0 amide bonds. The van der Waals surface area contributed by atoms with Gasteiger partial charge in [-0.15, -0.1) is 0 Å². The average molecular weight is 301 g/mol. The zero-order chi connectivity index (χ0) is 14.8. The number of nitrogens with one attached hydrogen (secondary N) is 1. The van der Waals surface area contributed by atoms with Gasteiger partial charge >= 0.3 is 0 Å². The Bertz CT molecular complexity index is 573. The van der Waals surface area contributed by atoms with E-state index < -0.39 is 15.8 Å². The van der Waals surface area contributed by atoms with E-state index in [0.29, 0.717) is 19.1 Å². The fourth-order valence-electron chi connectivity index (χ4n) is 2.01. The van der Waals surface area contributed by atoms with E-state index in [-0.39, 0.29) is 17.0 Å². The highest BCUT2D eigenvalue weighted by atomic mass is 32.2. The lowest BCUT2D eigenvalue weighted by Crippen LogP contribution is -2.34. The topological polar surface area (TPSA) is 75.4 Å². The normalized spacial score (nSPS) is 15.8. The minimum atomic E-state index is -3.61. The Morgan fingerprint density at radius 1 is 1.45 bits per heavy atom. The van der Waals surface area contributed by atoms with Crippen LogP contribution in [0.5, 0.6) is 0 Å². The van der Waals surface area contributed by atoms with Crippen molar-refractivity contribution in [1.82, 2.24) is 9.62 Å². The van der Waals surface area contributed by atoms with Gasteiger partial charge in [0.15, 0.2) is 0 Å². The van der Waals surface area contributed by atoms with E-state index in [0.717, 1.165) is 6.07 Å². The van der Waals surface area contributed by atoms with Crippen molar-refractivity contribution in [3.8, 4) is 0 Å². The first-order chi connectivity index (χ1) is 9.44. The van der Waals surface area contributed by atoms with Crippen LogP contribution < -0.4 is 10.5 Å². The molecule has 1 saturated carbocycles. The van der Waals surface area contributed by atoms with Crippen molar-refractivity contribution in [3.63, 3.8) is 0 Å². The van der Waals surface area contributed by atoms with Gasteiger partial charge in [-0.05, 0) is 38.1 Å². The summed E-state index contributed by atoms with van der Waals surface area (Å²) in [4.78, 5) is 2.19. The Hall–Kier alpha value is -1.02. The molecule has 3 N–H and O–H groups in total. The van der Waals surface area contributed by atoms with Crippen LogP contribution in [-0.4, -0.2) is 39.5 Å². The van der Waals surface area contributed by atoms with Gasteiger partial charge in [-0.3, -0.25) is 0 Å². The van der Waals surface area contributed by atoms with Crippen molar-refractivity contribution >= 4 is 10.0 Å². The molecule has 1 aromatic rings. The summed E-state index contributed by atoms with van der Waals surface area (Å²) in [7, 11) is -1.63. The van der Waals surface area contributed by atoms with Gasteiger partial charge in [0.05, 0.1) is 4.90 Å². The molecule has 2 rings (SSSR count). The van der Waals surface area contributed by atoms with Gasteiger partial charge in [0.1, 0.15) is 5.82 Å². The van der Waals surface area contributed by atoms with Gasteiger partial charge in [-0.1, -0.05) is 0 Å². The van der Waals surface area contributed by atoms with E-state index in [2.05, 4.69) is 9.62 Å². The number of hydrogen-bond donors (Lipinski definition) is 2. The summed E-state index contributed by atoms with van der Waals surface area (Å²) in [5, 5.41) is 0. The molecule has 1 aliphatic carbocycles. The molecule has 0 aliphatic heterocycles. The fourth-order valence-corrected chi connectivity index (χ4v) is 3.08. The maximum absolute atomic E-state index is 13.3. The highest BCUT2D eigenvalue weighted by molar-refractivity contribution is 7.89. The number of sulfonamides is 1. The second-order valence-corrected chi connectivity index (χ2v) is 6.83. The minimum absolute atomic E-state index is 0.0282. The molecule has 1 aromatic carbocycles. The highest BCUT2D eigenvalue weighted by Crippen LogP contribution is 2.24. The Morgan fingerprint density at radius 3 is 2.75 bits per heavy atom. The van der Waals surface area contributed by atoms with Crippen LogP contribution in [0.25, 0.3) is 0 Å². The van der Waals surface area contributed by atoms with Crippen LogP contribution in [0.1, 0.15) is 18.4 Å². The van der Waals surface area contributed by atoms with Crippen LogP contribution in [-0.2, 0) is 16.6 Å². The third-order valence-electron chi connectivity index (χ3n) is 3.47. The van der Waals surface area contributed by atoms with Crippen molar-refractivity contribution in [2.24, 2.45) is 5.73 Å². The molecule has 0 saturated heterocycles. The summed E-state index contributed by atoms with van der Waals surface area (Å²) in [6.07, 6.45) is 2.36. The first-order valence-corrected chi connectivity index (χ1v) is 8.11. The Morgan fingerprint density at radius 2 is 2.15 bits per heavy atom. The van der Waals surface area contributed by atoms with Gasteiger partial charge in [-0.25, -0.2) is 17.5 Å². The fraction of sp³-hybridized carbons (Fsp3) is 0.538. The molecule has 0 atom stereocenters. The summed E-state index contributed by atoms with van der Waals surface area (Å²) in [6.45, 7) is 0.971. The number of nitrogens with zero attached hydrogens (tertiary/aromatic N) is 1. The maximum atomic E-state index is 13.3. The molecule has 5 nitrogen and oxygen atoms in total. The molecule has 7 heteroatoms. The van der Waals surface area contributed by atoms with E-state index in [4.69, 9.17) is 5.73 Å². The molecule has 20 heavy (non-hydrogen) atoms. The smallest absolute Gasteiger partial charge is 0.240 e. The number of benzene rings is 1. The van der Waals surface area contributed by atoms with E-state index in [1.165, 1.54) is 25.0 Å². The SMILES string of the molecule is CN(CCNS(=O)(=O)c1ccc(F)c(CN)c1)C1CC1. The van der Waals surface area contributed by atoms with Crippen molar-refractivity contribution in [2.45, 2.75) is 30.3 Å². The lowest BCUT2D eigenvalue weighted by atomic mass is 10.2. The summed E-state index contributed by atoms with van der Waals surface area (Å²) in [6, 6.07) is 4.26. The first-order valence-electron chi connectivity index (χ1n) is 6.62. The molecule has 1 fully saturated rings. The van der Waals surface area contributed by atoms with Gasteiger partial charge in [0, 0.05) is 31.2 Å². The summed E-state index contributed by atoms with van der Waals surface area (Å²) >= 11 is 0. The lowest BCUT2D eigenvalue weighted by molar-refractivity contribution is 0.329. The van der Waals surface area contributed by atoms with E-state index >= 15 is 0 Å². The number of halogens is 1. The second kappa shape index (κ2) is 6.17. The van der Waals surface area contributed by atoms with Crippen LogP contribution in [0.3, 0.4) is 0 Å². The predicted octanol–water partition coefficient (Wildman–Crippen LogP) is 0.657. The zero-order valence-electron chi connectivity index (χ0n) is 11.5. The minimum Gasteiger partial charge on any atom is -0.326 e. The van der Waals surface area contributed by atoms with E-state index in [1.807, 2.05) is 7.05 Å². The van der Waals surface area contributed by atoms with Crippen molar-refractivity contribution in [2.75, 3.05) is 20.1 Å². The predicted molar refractivity (Wildman–Crippen MR) is 75.1 cm³/mol. The van der Waals surface area contributed by atoms with Crippen molar-refractivity contribution in [3.05, 3.63) is 29.6 Å². The van der Waals surface area contributed by atoms with Gasteiger partial charge in [0.2, 0.25) is 10.0 Å². The van der Waals surface area contributed by atoms with Crippen LogP contribution in [0.15, 0.2) is 23.1 Å². The summed E-state index contributed by atoms with van der Waals surface area (Å²) < 4.78 is 40.0. The quantitative estimate of drug-likeness (QED) is 0.775. The number of hydrogen-bond acceptors (Lipinski definition) is 4. The van der Waals surface area contributed by atoms with Crippen LogP contribution in [0.4, 0.5) is 4.39 Å². The first kappa shape index (κ1) is 15.4. The molecule has 0 aromatic heterocycles. The summed E-state index contributed by atoms with van der Waals surface area (Å²) in [5.41, 5.74) is 5.58. The zero-order valence-corrected chi connectivity index (χ0v) is 12.3. The van der Waals surface area contributed by atoms with Crippen LogP contribution in [0.2, 0.25) is 0 Å². The standard InChI is InChI=1S/C13H20FN3O2S/c1-17(11-2-3-11)7-6-16-20(18,19)12-4-5-13(14)10(8-12)9-15/h4-5,8,11,16H,2-3,6-7,9,15H2,1H3. The molecule has 0 bridgehead atoms. The molecule has 0 radical (unpaired) electrons. The monoisotopic (exact) mass is 301 g/mol. The second-order valence-electron chi connectivity index (χ2n) is 5.07. The largest absolute Gasteiger partial charge is 0.326 e. The van der Waals surface area contributed by atoms with Crippen molar-refractivity contribution in [1.29, 1.82) is 0 Å². The molecule has 112 valence electrons. The summed E-state index contributed by atoms with van der Waals surface area (Å²) in [5.74, 6) is -0.486. The van der Waals surface area contributed by atoms with Crippen LogP contribution in [0, 0.1) is 5.82 Å². The maximum Gasteiger partial charge on any atom is 0.240 e. The van der Waals surface area contributed by atoms with E-state index in [1.54, 1.807) is 0 Å².